The smallest absolute Gasteiger partial charge is 1.00 e. The number of hydrogen-bond donors (Lipinski definition) is 2. The number of aromatic carboxylic acids is 1. The Kier molecular flexibility index (Phi) is 9.41. The fourth-order valence-electron chi connectivity index (χ4n) is 2.01. The molecule has 2 aromatic carbocycles. The zero-order valence-electron chi connectivity index (χ0n) is 15.2. The first kappa shape index (κ1) is 22.7. The molecule has 0 bridgehead atoms. The predicted octanol–water partition coefficient (Wildman–Crippen LogP) is 1.80. The van der Waals surface area contributed by atoms with E-state index in [1.807, 2.05) is 6.26 Å². The molecule has 134 valence electrons. The molecule has 0 aliphatic carbocycles. The Labute approximate surface area is 179 Å². The molecule has 1 amide bonds. The summed E-state index contributed by atoms with van der Waals surface area (Å²) in [6.45, 7) is 0.465. The Morgan fingerprint density at radius 1 is 1.19 bits per heavy atom. The number of ether oxygens (including phenoxy) is 1. The Balaban J connectivity index is 0.00000338. The molecular formula is C17H16Cl2LiNO4S. The van der Waals surface area contributed by atoms with Crippen molar-refractivity contribution < 1.29 is 39.7 Å². The molecule has 0 heterocycles. The second-order valence-corrected chi connectivity index (χ2v) is 6.76. The summed E-state index contributed by atoms with van der Waals surface area (Å²) in [5.41, 5.74) is 0.281. The molecule has 9 heteroatoms. The summed E-state index contributed by atoms with van der Waals surface area (Å²) in [5.74, 6) is -0.488. The van der Waals surface area contributed by atoms with Crippen LogP contribution in [0, 0.1) is 0 Å². The molecule has 0 atom stereocenters. The van der Waals surface area contributed by atoms with Gasteiger partial charge in [0.15, 0.2) is 0 Å². The summed E-state index contributed by atoms with van der Waals surface area (Å²) in [6.07, 6.45) is 1.95. The molecule has 0 saturated carbocycles. The van der Waals surface area contributed by atoms with Crippen molar-refractivity contribution in [2.75, 3.05) is 23.9 Å². The van der Waals surface area contributed by atoms with Crippen LogP contribution in [-0.4, -0.2) is 35.6 Å². The fraction of sp³-hybridized carbons (Fsp3) is 0.176. The topological polar surface area (TPSA) is 75.6 Å². The molecule has 0 fully saturated rings. The van der Waals surface area contributed by atoms with Gasteiger partial charge in [-0.3, -0.25) is 4.79 Å². The summed E-state index contributed by atoms with van der Waals surface area (Å²) in [7, 11) is 0. The maximum absolute atomic E-state index is 12.4. The number of halogens is 2. The molecule has 0 unspecified atom stereocenters. The summed E-state index contributed by atoms with van der Waals surface area (Å²) < 4.78 is 5.48. The minimum Gasteiger partial charge on any atom is -1.00 e. The molecule has 5 nitrogen and oxygen atoms in total. The molecule has 26 heavy (non-hydrogen) atoms. The summed E-state index contributed by atoms with van der Waals surface area (Å²) in [4.78, 5) is 23.8. The van der Waals surface area contributed by atoms with Crippen molar-refractivity contribution in [2.24, 2.45) is 0 Å². The first-order valence-electron chi connectivity index (χ1n) is 7.18. The Hall–Kier alpha value is -1.29. The van der Waals surface area contributed by atoms with E-state index in [4.69, 9.17) is 27.9 Å². The Morgan fingerprint density at radius 3 is 2.54 bits per heavy atom. The number of carboxylic acid groups (broad SMARTS) is 1. The van der Waals surface area contributed by atoms with Gasteiger partial charge in [0.1, 0.15) is 5.75 Å². The maximum atomic E-state index is 12.4. The Morgan fingerprint density at radius 2 is 1.92 bits per heavy atom. The maximum Gasteiger partial charge on any atom is 1.00 e. The number of nitrogens with one attached hydrogen (secondary N) is 1. The van der Waals surface area contributed by atoms with Crippen molar-refractivity contribution in [1.82, 2.24) is 0 Å². The molecule has 0 radical (unpaired) electrons. The molecule has 2 N–H and O–H groups in total. The van der Waals surface area contributed by atoms with Crippen molar-refractivity contribution in [3.8, 4) is 5.75 Å². The van der Waals surface area contributed by atoms with Gasteiger partial charge in [0.05, 0.1) is 28.4 Å². The largest absolute Gasteiger partial charge is 1.00 e. The minimum absolute atomic E-state index is 0. The van der Waals surface area contributed by atoms with Crippen molar-refractivity contribution >= 4 is 52.5 Å². The van der Waals surface area contributed by atoms with Crippen LogP contribution in [0.2, 0.25) is 10.0 Å². The van der Waals surface area contributed by atoms with Crippen molar-refractivity contribution in [3.05, 3.63) is 57.6 Å². The van der Waals surface area contributed by atoms with E-state index >= 15 is 0 Å². The molecule has 2 aromatic rings. The van der Waals surface area contributed by atoms with E-state index in [0.717, 1.165) is 5.75 Å². The first-order chi connectivity index (χ1) is 11.9. The first-order valence-corrected chi connectivity index (χ1v) is 9.33. The zero-order chi connectivity index (χ0) is 18.4. The van der Waals surface area contributed by atoms with Crippen LogP contribution in [0.3, 0.4) is 0 Å². The van der Waals surface area contributed by atoms with Gasteiger partial charge in [-0.05, 0) is 42.7 Å². The van der Waals surface area contributed by atoms with Crippen molar-refractivity contribution in [3.63, 3.8) is 0 Å². The van der Waals surface area contributed by atoms with Crippen LogP contribution in [0.25, 0.3) is 0 Å². The van der Waals surface area contributed by atoms with E-state index in [2.05, 4.69) is 5.32 Å². The van der Waals surface area contributed by atoms with E-state index in [1.165, 1.54) is 30.3 Å². The van der Waals surface area contributed by atoms with Gasteiger partial charge in [0, 0.05) is 10.8 Å². The normalized spacial score (nSPS) is 9.96. The van der Waals surface area contributed by atoms with E-state index in [0.29, 0.717) is 17.4 Å². The summed E-state index contributed by atoms with van der Waals surface area (Å²) >= 11 is 13.4. The number of carbonyl (C=O) groups is 2. The van der Waals surface area contributed by atoms with Crippen LogP contribution in [0.5, 0.6) is 5.75 Å². The van der Waals surface area contributed by atoms with E-state index in [1.54, 1.807) is 17.8 Å². The zero-order valence-corrected chi connectivity index (χ0v) is 16.5. The monoisotopic (exact) mass is 407 g/mol. The van der Waals surface area contributed by atoms with Crippen LogP contribution in [0.1, 0.15) is 22.1 Å². The van der Waals surface area contributed by atoms with Gasteiger partial charge in [-0.2, -0.15) is 11.8 Å². The van der Waals surface area contributed by atoms with E-state index in [-0.39, 0.29) is 42.1 Å². The summed E-state index contributed by atoms with van der Waals surface area (Å²) in [5, 5.41) is 12.5. The van der Waals surface area contributed by atoms with Gasteiger partial charge in [-0.1, -0.05) is 23.2 Å². The standard InChI is InChI=1S/C17H15Cl2NO4S.Li.H/c1-25-7-6-24-11-3-5-15(13(9-11)17(22)23)20-16(21)12-4-2-10(18)8-14(12)19;;/h2-5,8-9H,6-7H2,1H3,(H,20,21)(H,22,23);;/q;+1;-1. The predicted molar refractivity (Wildman–Crippen MR) is 103 cm³/mol. The van der Waals surface area contributed by atoms with E-state index in [9.17, 15) is 14.7 Å². The van der Waals surface area contributed by atoms with Crippen LogP contribution >= 0.6 is 35.0 Å². The molecule has 0 saturated heterocycles. The number of amides is 1. The Bertz CT molecular complexity index is 810. The van der Waals surface area contributed by atoms with Gasteiger partial charge in [0.2, 0.25) is 0 Å². The van der Waals surface area contributed by atoms with Crippen LogP contribution in [-0.2, 0) is 0 Å². The molecule has 0 spiro atoms. The average molecular weight is 408 g/mol. The van der Waals surface area contributed by atoms with Crippen molar-refractivity contribution in [2.45, 2.75) is 0 Å². The third-order valence-electron chi connectivity index (χ3n) is 3.20. The summed E-state index contributed by atoms with van der Waals surface area (Å²) in [6, 6.07) is 8.91. The molecular weight excluding hydrogens is 392 g/mol. The van der Waals surface area contributed by atoms with Gasteiger partial charge in [0.25, 0.3) is 5.91 Å². The molecule has 0 aliphatic heterocycles. The quantitative estimate of drug-likeness (QED) is 0.540. The number of benzene rings is 2. The van der Waals surface area contributed by atoms with Gasteiger partial charge in [-0.15, -0.1) is 0 Å². The number of carboxylic acids is 1. The second-order valence-electron chi connectivity index (χ2n) is 4.93. The minimum atomic E-state index is -1.17. The van der Waals surface area contributed by atoms with Gasteiger partial charge >= 0.3 is 24.8 Å². The number of carbonyl (C=O) groups excluding carboxylic acids is 1. The average Bonchev–Trinajstić information content (AvgIpc) is 2.56. The number of thioether (sulfide) groups is 1. The second kappa shape index (κ2) is 10.8. The third kappa shape index (κ3) is 6.15. The molecule has 2 rings (SSSR count). The van der Waals surface area contributed by atoms with Gasteiger partial charge < -0.3 is 16.6 Å². The molecule has 0 aromatic heterocycles. The van der Waals surface area contributed by atoms with Crippen LogP contribution in [0.15, 0.2) is 36.4 Å². The van der Waals surface area contributed by atoms with Crippen LogP contribution in [0.4, 0.5) is 5.69 Å². The molecule has 0 aliphatic rings. The van der Waals surface area contributed by atoms with E-state index < -0.39 is 11.9 Å². The van der Waals surface area contributed by atoms with Crippen LogP contribution < -0.4 is 28.9 Å². The number of hydrogen-bond acceptors (Lipinski definition) is 4. The number of anilines is 1. The van der Waals surface area contributed by atoms with Crippen molar-refractivity contribution in [1.29, 1.82) is 0 Å². The number of rotatable bonds is 7. The fourth-order valence-corrected chi connectivity index (χ4v) is 2.75. The SMILES string of the molecule is CSCCOc1ccc(NC(=O)c2ccc(Cl)cc2Cl)c(C(=O)O)c1.[H-].[Li+]. The third-order valence-corrected chi connectivity index (χ3v) is 4.32. The van der Waals surface area contributed by atoms with Gasteiger partial charge in [-0.25, -0.2) is 4.79 Å².